The van der Waals surface area contributed by atoms with E-state index in [9.17, 15) is 9.59 Å². The summed E-state index contributed by atoms with van der Waals surface area (Å²) in [6, 6.07) is 13.1. The molecule has 0 radical (unpaired) electrons. The zero-order valence-corrected chi connectivity index (χ0v) is 18.4. The van der Waals surface area contributed by atoms with E-state index in [1.54, 1.807) is 36.0 Å². The molecular weight excluding hydrogens is 445 g/mol. The number of aromatic nitrogens is 1. The first-order valence-corrected chi connectivity index (χ1v) is 10.9. The number of amides is 2. The smallest absolute Gasteiger partial charge is 0.312 e. The molecule has 1 atom stereocenters. The fourth-order valence-electron chi connectivity index (χ4n) is 2.95. The molecule has 0 spiro atoms. The van der Waals surface area contributed by atoms with Crippen molar-refractivity contribution in [3.63, 3.8) is 0 Å². The highest BCUT2D eigenvalue weighted by molar-refractivity contribution is 7.98. The maximum atomic E-state index is 12.4. The van der Waals surface area contributed by atoms with Crippen molar-refractivity contribution >= 4 is 57.9 Å². The molecule has 6 nitrogen and oxygen atoms in total. The minimum absolute atomic E-state index is 0.0449. The molecule has 0 unspecified atom stereocenters. The minimum atomic E-state index is -0.765. The van der Waals surface area contributed by atoms with Crippen LogP contribution in [0.2, 0.25) is 10.2 Å². The predicted molar refractivity (Wildman–Crippen MR) is 120 cm³/mol. The van der Waals surface area contributed by atoms with Crippen LogP contribution in [-0.4, -0.2) is 23.2 Å². The lowest BCUT2D eigenvalue weighted by Gasteiger charge is -2.18. The Morgan fingerprint density at radius 1 is 1.20 bits per heavy atom. The second-order valence-electron chi connectivity index (χ2n) is 6.44. The van der Waals surface area contributed by atoms with Gasteiger partial charge < -0.3 is 15.8 Å². The number of hydrogen-bond donors (Lipinski definition) is 2. The summed E-state index contributed by atoms with van der Waals surface area (Å²) in [5.74, 6) is -0.539. The third-order valence-electron chi connectivity index (χ3n) is 4.41. The molecular formula is C21H19Cl2N3O3S. The van der Waals surface area contributed by atoms with E-state index in [0.29, 0.717) is 16.1 Å². The Balaban J connectivity index is 1.71. The topological polar surface area (TPSA) is 94.3 Å². The van der Waals surface area contributed by atoms with Crippen LogP contribution < -0.4 is 11.1 Å². The molecule has 0 saturated heterocycles. The lowest BCUT2D eigenvalue weighted by molar-refractivity contribution is -0.145. The van der Waals surface area contributed by atoms with Gasteiger partial charge in [-0.2, -0.15) is 0 Å². The van der Waals surface area contributed by atoms with E-state index in [-0.39, 0.29) is 18.2 Å². The quantitative estimate of drug-likeness (QED) is 0.288. The molecule has 2 amide bonds. The fraction of sp³-hybridized carbons (Fsp3) is 0.190. The SMILES string of the molecule is CSc1ccc2cc(COC(=O)C[C@@H](NC(N)=O)c3ccccc3Cl)c(Cl)nc2c1. The van der Waals surface area contributed by atoms with Crippen LogP contribution in [0.5, 0.6) is 0 Å². The first-order valence-electron chi connectivity index (χ1n) is 8.96. The zero-order valence-electron chi connectivity index (χ0n) is 16.0. The van der Waals surface area contributed by atoms with E-state index in [2.05, 4.69) is 10.3 Å². The number of nitrogens with one attached hydrogen (secondary N) is 1. The number of benzene rings is 2. The van der Waals surface area contributed by atoms with Gasteiger partial charge in [0.2, 0.25) is 0 Å². The number of carbonyl (C=O) groups excluding carboxylic acids is 2. The molecule has 3 N–H and O–H groups in total. The summed E-state index contributed by atoms with van der Waals surface area (Å²) in [5.41, 5.74) is 7.18. The van der Waals surface area contributed by atoms with Crippen molar-refractivity contribution in [2.75, 3.05) is 6.26 Å². The van der Waals surface area contributed by atoms with E-state index in [4.69, 9.17) is 33.7 Å². The van der Waals surface area contributed by atoms with Crippen LogP contribution >= 0.6 is 35.0 Å². The van der Waals surface area contributed by atoms with Crippen LogP contribution in [-0.2, 0) is 16.1 Å². The summed E-state index contributed by atoms with van der Waals surface area (Å²) >= 11 is 14.1. The van der Waals surface area contributed by atoms with E-state index in [0.717, 1.165) is 15.8 Å². The number of pyridine rings is 1. The van der Waals surface area contributed by atoms with Gasteiger partial charge >= 0.3 is 12.0 Å². The summed E-state index contributed by atoms with van der Waals surface area (Å²) < 4.78 is 5.37. The second-order valence-corrected chi connectivity index (χ2v) is 8.09. The van der Waals surface area contributed by atoms with Crippen LogP contribution in [0.4, 0.5) is 4.79 Å². The third kappa shape index (κ3) is 5.56. The molecule has 0 aliphatic rings. The Bertz CT molecular complexity index is 1090. The van der Waals surface area contributed by atoms with Crippen molar-refractivity contribution in [1.82, 2.24) is 10.3 Å². The number of rotatable bonds is 7. The van der Waals surface area contributed by atoms with Gasteiger partial charge in [-0.3, -0.25) is 4.79 Å². The van der Waals surface area contributed by atoms with Gasteiger partial charge in [-0.25, -0.2) is 9.78 Å². The normalized spacial score (nSPS) is 11.8. The number of thioether (sulfide) groups is 1. The number of carbonyl (C=O) groups is 2. The minimum Gasteiger partial charge on any atom is -0.461 e. The first-order chi connectivity index (χ1) is 14.4. The van der Waals surface area contributed by atoms with Crippen LogP contribution in [0.25, 0.3) is 10.9 Å². The van der Waals surface area contributed by atoms with Crippen molar-refractivity contribution < 1.29 is 14.3 Å². The highest BCUT2D eigenvalue weighted by atomic mass is 35.5. The van der Waals surface area contributed by atoms with Gasteiger partial charge in [0.05, 0.1) is 18.0 Å². The molecule has 1 aromatic heterocycles. The lowest BCUT2D eigenvalue weighted by atomic mass is 10.0. The van der Waals surface area contributed by atoms with E-state index in [1.165, 1.54) is 0 Å². The van der Waals surface area contributed by atoms with Gasteiger partial charge in [-0.05, 0) is 36.1 Å². The predicted octanol–water partition coefficient (Wildman–Crippen LogP) is 5.11. The average Bonchev–Trinajstić information content (AvgIpc) is 2.71. The molecule has 1 heterocycles. The Kier molecular flexibility index (Phi) is 7.42. The van der Waals surface area contributed by atoms with Crippen LogP contribution in [0.3, 0.4) is 0 Å². The van der Waals surface area contributed by atoms with Crippen LogP contribution in [0, 0.1) is 0 Å². The average molecular weight is 464 g/mol. The van der Waals surface area contributed by atoms with Gasteiger partial charge in [-0.15, -0.1) is 11.8 Å². The second kappa shape index (κ2) is 10.0. The number of hydrogen-bond acceptors (Lipinski definition) is 5. The molecule has 0 aliphatic heterocycles. The zero-order chi connectivity index (χ0) is 21.7. The third-order valence-corrected chi connectivity index (χ3v) is 5.80. The number of fused-ring (bicyclic) bond motifs is 1. The van der Waals surface area contributed by atoms with Crippen molar-refractivity contribution in [1.29, 1.82) is 0 Å². The molecule has 0 saturated carbocycles. The van der Waals surface area contributed by atoms with E-state index < -0.39 is 18.0 Å². The number of urea groups is 1. The van der Waals surface area contributed by atoms with Gasteiger partial charge in [-0.1, -0.05) is 47.5 Å². The Labute approximate surface area is 188 Å². The summed E-state index contributed by atoms with van der Waals surface area (Å²) in [6.45, 7) is -0.0449. The largest absolute Gasteiger partial charge is 0.461 e. The summed E-state index contributed by atoms with van der Waals surface area (Å²) in [4.78, 5) is 29.3. The number of halogens is 2. The molecule has 3 rings (SSSR count). The van der Waals surface area contributed by atoms with Gasteiger partial charge in [0, 0.05) is 20.9 Å². The number of nitrogens with two attached hydrogens (primary N) is 1. The van der Waals surface area contributed by atoms with Gasteiger partial charge in [0.1, 0.15) is 11.8 Å². The van der Waals surface area contributed by atoms with E-state index in [1.807, 2.05) is 30.5 Å². The number of primary amides is 1. The monoisotopic (exact) mass is 463 g/mol. The Hall–Kier alpha value is -2.48. The molecule has 9 heteroatoms. The van der Waals surface area contributed by atoms with Crippen molar-refractivity contribution in [2.24, 2.45) is 5.73 Å². The van der Waals surface area contributed by atoms with Crippen molar-refractivity contribution in [3.05, 3.63) is 69.8 Å². The van der Waals surface area contributed by atoms with Crippen molar-refractivity contribution in [2.45, 2.75) is 24.0 Å². The summed E-state index contributed by atoms with van der Waals surface area (Å²) in [7, 11) is 0. The molecule has 30 heavy (non-hydrogen) atoms. The number of ether oxygens (including phenoxy) is 1. The highest BCUT2D eigenvalue weighted by Gasteiger charge is 2.21. The van der Waals surface area contributed by atoms with Crippen LogP contribution in [0.1, 0.15) is 23.6 Å². The standard InChI is InChI=1S/C21H19Cl2N3O3S/c1-30-14-7-6-12-8-13(20(23)25-17(12)9-14)11-29-19(27)10-18(26-21(24)28)15-4-2-3-5-16(15)22/h2-9,18H,10-11H2,1H3,(H3,24,26,28)/t18-/m1/s1. The first kappa shape index (κ1) is 22.2. The number of nitrogens with zero attached hydrogens (tertiary/aromatic N) is 1. The summed E-state index contributed by atoms with van der Waals surface area (Å²) in [6.07, 6.45) is 1.85. The maximum Gasteiger partial charge on any atom is 0.312 e. The van der Waals surface area contributed by atoms with Crippen LogP contribution in [0.15, 0.2) is 53.4 Å². The van der Waals surface area contributed by atoms with Gasteiger partial charge in [0.25, 0.3) is 0 Å². The molecule has 0 bridgehead atoms. The van der Waals surface area contributed by atoms with Gasteiger partial charge in [0.15, 0.2) is 0 Å². The molecule has 0 aliphatic carbocycles. The number of esters is 1. The maximum absolute atomic E-state index is 12.4. The fourth-order valence-corrected chi connectivity index (χ4v) is 3.85. The Morgan fingerprint density at radius 3 is 2.67 bits per heavy atom. The molecule has 3 aromatic rings. The Morgan fingerprint density at radius 2 is 1.97 bits per heavy atom. The molecule has 156 valence electrons. The summed E-state index contributed by atoms with van der Waals surface area (Å²) in [5, 5.41) is 4.10. The highest BCUT2D eigenvalue weighted by Crippen LogP contribution is 2.27. The van der Waals surface area contributed by atoms with Crippen molar-refractivity contribution in [3.8, 4) is 0 Å². The molecule has 2 aromatic carbocycles. The lowest BCUT2D eigenvalue weighted by Crippen LogP contribution is -2.34. The molecule has 0 fully saturated rings. The van der Waals surface area contributed by atoms with E-state index >= 15 is 0 Å².